The Kier molecular flexibility index (Phi) is 3.41. The summed E-state index contributed by atoms with van der Waals surface area (Å²) in [5.41, 5.74) is 7.51. The molecule has 0 amide bonds. The standard InChI is InChI=1S/C12H19N3O/c1-12(4-6-16-7-5-12)15-9-11-3-2-10(13)8-14-11/h2-3,8,15H,4-7,9,13H2,1H3. The van der Waals surface area contributed by atoms with Gasteiger partial charge in [0.1, 0.15) is 0 Å². The molecule has 0 unspecified atom stereocenters. The lowest BCUT2D eigenvalue weighted by molar-refractivity contribution is 0.0445. The minimum Gasteiger partial charge on any atom is -0.397 e. The van der Waals surface area contributed by atoms with Crippen LogP contribution in [0.5, 0.6) is 0 Å². The Hall–Kier alpha value is -1.13. The molecule has 0 aromatic carbocycles. The number of nitrogens with one attached hydrogen (secondary N) is 1. The van der Waals surface area contributed by atoms with Gasteiger partial charge >= 0.3 is 0 Å². The van der Waals surface area contributed by atoms with Gasteiger partial charge in [-0.3, -0.25) is 4.98 Å². The minimum absolute atomic E-state index is 0.182. The second kappa shape index (κ2) is 4.80. The van der Waals surface area contributed by atoms with Crippen LogP contribution in [0, 0.1) is 0 Å². The van der Waals surface area contributed by atoms with Crippen molar-refractivity contribution in [3.8, 4) is 0 Å². The van der Waals surface area contributed by atoms with Gasteiger partial charge in [0.2, 0.25) is 0 Å². The van der Waals surface area contributed by atoms with Crippen molar-refractivity contribution in [1.82, 2.24) is 10.3 Å². The molecule has 4 nitrogen and oxygen atoms in total. The number of nitrogen functional groups attached to an aromatic ring is 1. The van der Waals surface area contributed by atoms with E-state index in [-0.39, 0.29) is 5.54 Å². The molecule has 1 aliphatic heterocycles. The molecule has 0 aliphatic carbocycles. The summed E-state index contributed by atoms with van der Waals surface area (Å²) in [6.07, 6.45) is 3.81. The summed E-state index contributed by atoms with van der Waals surface area (Å²) in [5, 5.41) is 3.55. The first kappa shape index (κ1) is 11.4. The van der Waals surface area contributed by atoms with E-state index in [0.717, 1.165) is 38.3 Å². The van der Waals surface area contributed by atoms with Crippen LogP contribution in [0.2, 0.25) is 0 Å². The molecular weight excluding hydrogens is 202 g/mol. The fourth-order valence-corrected chi connectivity index (χ4v) is 1.84. The van der Waals surface area contributed by atoms with E-state index >= 15 is 0 Å². The molecule has 16 heavy (non-hydrogen) atoms. The zero-order chi connectivity index (χ0) is 11.4. The van der Waals surface area contributed by atoms with Gasteiger partial charge in [-0.1, -0.05) is 0 Å². The molecule has 1 aliphatic rings. The number of ether oxygens (including phenoxy) is 1. The van der Waals surface area contributed by atoms with Gasteiger partial charge in [-0.25, -0.2) is 0 Å². The Morgan fingerprint density at radius 3 is 2.81 bits per heavy atom. The van der Waals surface area contributed by atoms with Crippen molar-refractivity contribution in [2.45, 2.75) is 31.8 Å². The topological polar surface area (TPSA) is 60.2 Å². The lowest BCUT2D eigenvalue weighted by atomic mass is 9.92. The first-order valence-electron chi connectivity index (χ1n) is 5.71. The number of nitrogens with two attached hydrogens (primary N) is 1. The van der Waals surface area contributed by atoms with Crippen LogP contribution in [-0.2, 0) is 11.3 Å². The molecule has 88 valence electrons. The highest BCUT2D eigenvalue weighted by Crippen LogP contribution is 2.20. The third-order valence-electron chi connectivity index (χ3n) is 3.14. The number of nitrogens with zero attached hydrogens (tertiary/aromatic N) is 1. The van der Waals surface area contributed by atoms with E-state index in [0.29, 0.717) is 5.69 Å². The number of aromatic nitrogens is 1. The SMILES string of the molecule is CC1(NCc2ccc(N)cn2)CCOCC1. The van der Waals surface area contributed by atoms with Crippen LogP contribution in [0.1, 0.15) is 25.5 Å². The van der Waals surface area contributed by atoms with Crippen LogP contribution in [0.3, 0.4) is 0 Å². The van der Waals surface area contributed by atoms with E-state index in [2.05, 4.69) is 17.2 Å². The molecule has 0 radical (unpaired) electrons. The van der Waals surface area contributed by atoms with Crippen molar-refractivity contribution < 1.29 is 4.74 Å². The van der Waals surface area contributed by atoms with Gasteiger partial charge in [0.25, 0.3) is 0 Å². The normalized spacial score (nSPS) is 19.6. The third kappa shape index (κ3) is 2.93. The fourth-order valence-electron chi connectivity index (χ4n) is 1.84. The average Bonchev–Trinajstić information content (AvgIpc) is 2.29. The van der Waals surface area contributed by atoms with Gasteiger partial charge in [0, 0.05) is 25.3 Å². The van der Waals surface area contributed by atoms with E-state index < -0.39 is 0 Å². The molecule has 4 heteroatoms. The summed E-state index contributed by atoms with van der Waals surface area (Å²) in [4.78, 5) is 4.28. The summed E-state index contributed by atoms with van der Waals surface area (Å²) in [6.45, 7) is 4.72. The van der Waals surface area contributed by atoms with Gasteiger partial charge < -0.3 is 15.8 Å². The van der Waals surface area contributed by atoms with Gasteiger partial charge in [0.15, 0.2) is 0 Å². The molecule has 2 heterocycles. The smallest absolute Gasteiger partial charge is 0.0543 e. The molecule has 1 aromatic rings. The van der Waals surface area contributed by atoms with Crippen molar-refractivity contribution in [1.29, 1.82) is 0 Å². The van der Waals surface area contributed by atoms with Gasteiger partial charge in [0.05, 0.1) is 17.6 Å². The second-order valence-corrected chi connectivity index (χ2v) is 4.61. The number of anilines is 1. The molecular formula is C12H19N3O. The molecule has 1 saturated heterocycles. The Morgan fingerprint density at radius 1 is 1.44 bits per heavy atom. The molecule has 0 spiro atoms. The summed E-state index contributed by atoms with van der Waals surface area (Å²) in [7, 11) is 0. The fraction of sp³-hybridized carbons (Fsp3) is 0.583. The Labute approximate surface area is 96.2 Å². The van der Waals surface area contributed by atoms with Crippen molar-refractivity contribution in [2.24, 2.45) is 0 Å². The van der Waals surface area contributed by atoms with Crippen molar-refractivity contribution in [2.75, 3.05) is 18.9 Å². The Morgan fingerprint density at radius 2 is 2.19 bits per heavy atom. The summed E-state index contributed by atoms with van der Waals surface area (Å²) >= 11 is 0. The van der Waals surface area contributed by atoms with Crippen LogP contribution >= 0.6 is 0 Å². The summed E-state index contributed by atoms with van der Waals surface area (Å²) in [6, 6.07) is 3.85. The second-order valence-electron chi connectivity index (χ2n) is 4.61. The first-order valence-corrected chi connectivity index (χ1v) is 5.71. The van der Waals surface area contributed by atoms with Crippen molar-refractivity contribution >= 4 is 5.69 Å². The molecule has 3 N–H and O–H groups in total. The summed E-state index contributed by atoms with van der Waals surface area (Å²) < 4.78 is 5.36. The molecule has 0 saturated carbocycles. The molecule has 2 rings (SSSR count). The molecule has 1 aromatic heterocycles. The minimum atomic E-state index is 0.182. The van der Waals surface area contributed by atoms with Crippen LogP contribution < -0.4 is 11.1 Å². The Balaban J connectivity index is 1.88. The highest BCUT2D eigenvalue weighted by molar-refractivity contribution is 5.34. The maximum atomic E-state index is 5.59. The lowest BCUT2D eigenvalue weighted by Crippen LogP contribution is -2.46. The van der Waals surface area contributed by atoms with E-state index in [1.165, 1.54) is 0 Å². The number of hydrogen-bond donors (Lipinski definition) is 2. The Bertz CT molecular complexity index is 331. The van der Waals surface area contributed by atoms with Crippen molar-refractivity contribution in [3.05, 3.63) is 24.0 Å². The predicted octanol–water partition coefficient (Wildman–Crippen LogP) is 1.32. The van der Waals surface area contributed by atoms with Crippen LogP contribution in [-0.4, -0.2) is 23.7 Å². The first-order chi connectivity index (χ1) is 7.68. The monoisotopic (exact) mass is 221 g/mol. The maximum Gasteiger partial charge on any atom is 0.0543 e. The predicted molar refractivity (Wildman–Crippen MR) is 63.9 cm³/mol. The lowest BCUT2D eigenvalue weighted by Gasteiger charge is -2.34. The largest absolute Gasteiger partial charge is 0.397 e. The van der Waals surface area contributed by atoms with Crippen LogP contribution in [0.4, 0.5) is 5.69 Å². The highest BCUT2D eigenvalue weighted by atomic mass is 16.5. The molecule has 0 bridgehead atoms. The highest BCUT2D eigenvalue weighted by Gasteiger charge is 2.26. The third-order valence-corrected chi connectivity index (χ3v) is 3.14. The zero-order valence-electron chi connectivity index (χ0n) is 9.70. The number of rotatable bonds is 3. The van der Waals surface area contributed by atoms with Crippen LogP contribution in [0.25, 0.3) is 0 Å². The average molecular weight is 221 g/mol. The van der Waals surface area contributed by atoms with E-state index in [1.807, 2.05) is 12.1 Å². The van der Waals surface area contributed by atoms with E-state index in [1.54, 1.807) is 6.20 Å². The van der Waals surface area contributed by atoms with Gasteiger partial charge in [-0.15, -0.1) is 0 Å². The van der Waals surface area contributed by atoms with Crippen molar-refractivity contribution in [3.63, 3.8) is 0 Å². The number of hydrogen-bond acceptors (Lipinski definition) is 4. The molecule has 0 atom stereocenters. The van der Waals surface area contributed by atoms with E-state index in [4.69, 9.17) is 10.5 Å². The van der Waals surface area contributed by atoms with Crippen LogP contribution in [0.15, 0.2) is 18.3 Å². The van der Waals surface area contributed by atoms with Gasteiger partial charge in [-0.2, -0.15) is 0 Å². The zero-order valence-corrected chi connectivity index (χ0v) is 9.70. The summed E-state index contributed by atoms with van der Waals surface area (Å²) in [5.74, 6) is 0. The quantitative estimate of drug-likeness (QED) is 0.808. The molecule has 1 fully saturated rings. The maximum absolute atomic E-state index is 5.59. The van der Waals surface area contributed by atoms with Gasteiger partial charge in [-0.05, 0) is 31.9 Å². The number of pyridine rings is 1. The van der Waals surface area contributed by atoms with E-state index in [9.17, 15) is 0 Å².